The molecule has 0 aromatic heterocycles. The molecule has 1 saturated carbocycles. The molecule has 0 aromatic carbocycles. The third-order valence-corrected chi connectivity index (χ3v) is 1.15. The van der Waals surface area contributed by atoms with Crippen molar-refractivity contribution in [3.8, 4) is 0 Å². The molecule has 0 aromatic rings. The Labute approximate surface area is 65.8 Å². The molecule has 0 N–H and O–H groups in total. The van der Waals surface area contributed by atoms with Crippen molar-refractivity contribution in [2.45, 2.75) is 19.8 Å². The van der Waals surface area contributed by atoms with Crippen molar-refractivity contribution in [2.75, 3.05) is 0 Å². The zero-order valence-electron chi connectivity index (χ0n) is 3.90. The van der Waals surface area contributed by atoms with Gasteiger partial charge in [0.05, 0.1) is 0 Å². The number of carbonyl (C=O) groups is 1. The molecule has 1 aliphatic carbocycles. The molecule has 0 unspecified atom stereocenters. The predicted molar refractivity (Wildman–Crippen MR) is 30.6 cm³/mol. The average molecular weight is 108 g/mol. The van der Waals surface area contributed by atoms with Crippen LogP contribution < -0.4 is 0 Å². The number of hydrogen-bond acceptors (Lipinski definition) is 1. The Morgan fingerprint density at radius 1 is 1.57 bits per heavy atom. The quantitative estimate of drug-likeness (QED) is 0.442. The Kier molecular flexibility index (Phi) is 3.13. The molecular weight excluding hydrogens is 99.0 g/mol. The van der Waals surface area contributed by atoms with Crippen LogP contribution in [-0.2, 0) is 4.79 Å². The van der Waals surface area contributed by atoms with E-state index in [1.807, 2.05) is 0 Å². The molecule has 1 fully saturated rings. The van der Waals surface area contributed by atoms with Crippen LogP contribution >= 0.6 is 0 Å². The molecule has 0 saturated heterocycles. The first-order valence-corrected chi connectivity index (χ1v) is 2.31. The van der Waals surface area contributed by atoms with E-state index in [4.69, 9.17) is 0 Å². The van der Waals surface area contributed by atoms with Gasteiger partial charge in [-0.1, -0.05) is 0 Å². The van der Waals surface area contributed by atoms with E-state index in [1.165, 1.54) is 0 Å². The van der Waals surface area contributed by atoms with Gasteiger partial charge >= 0.3 is 29.6 Å². The van der Waals surface area contributed by atoms with E-state index in [-0.39, 0.29) is 29.6 Å². The predicted octanol–water partition coefficient (Wildman–Crippen LogP) is 0.337. The van der Waals surface area contributed by atoms with E-state index in [0.29, 0.717) is 11.7 Å². The van der Waals surface area contributed by atoms with E-state index < -0.39 is 0 Å². The second-order valence-electron chi connectivity index (χ2n) is 1.88. The van der Waals surface area contributed by atoms with Crippen molar-refractivity contribution in [1.29, 1.82) is 0 Å². The Hall–Kier alpha value is 0.670. The first kappa shape index (κ1) is 7.67. The van der Waals surface area contributed by atoms with E-state index in [1.54, 1.807) is 6.92 Å². The average Bonchev–Trinajstić information content (AvgIpc) is 2.06. The minimum absolute atomic E-state index is 0. The summed E-state index contributed by atoms with van der Waals surface area (Å²) in [6.45, 7) is 1.66. The standard InChI is InChI=1S/C5H8O.Na.H/c1-4(6)5-2-3-5;;/h5H,2-3H2,1H3;;. The molecule has 1 aliphatic rings. The van der Waals surface area contributed by atoms with Crippen LogP contribution in [0.5, 0.6) is 0 Å². The monoisotopic (exact) mass is 108 g/mol. The molecule has 0 heterocycles. The Bertz CT molecular complexity index is 76.1. The summed E-state index contributed by atoms with van der Waals surface area (Å²) in [6.07, 6.45) is 2.30. The Balaban J connectivity index is 0.000000360. The third kappa shape index (κ3) is 2.47. The van der Waals surface area contributed by atoms with Crippen molar-refractivity contribution in [3.05, 3.63) is 0 Å². The van der Waals surface area contributed by atoms with Crippen molar-refractivity contribution < 1.29 is 4.79 Å². The van der Waals surface area contributed by atoms with Crippen molar-refractivity contribution in [1.82, 2.24) is 0 Å². The van der Waals surface area contributed by atoms with Gasteiger partial charge in [-0.15, -0.1) is 0 Å². The van der Waals surface area contributed by atoms with Crippen LogP contribution in [0.3, 0.4) is 0 Å². The van der Waals surface area contributed by atoms with E-state index in [9.17, 15) is 4.79 Å². The number of rotatable bonds is 1. The van der Waals surface area contributed by atoms with Gasteiger partial charge in [-0.05, 0) is 19.8 Å². The van der Waals surface area contributed by atoms with Crippen molar-refractivity contribution >= 4 is 35.3 Å². The number of carbonyl (C=O) groups excluding carboxylic acids is 1. The summed E-state index contributed by atoms with van der Waals surface area (Å²) in [5, 5.41) is 0. The summed E-state index contributed by atoms with van der Waals surface area (Å²) in [5.41, 5.74) is 0. The molecule has 7 heavy (non-hydrogen) atoms. The van der Waals surface area contributed by atoms with Gasteiger partial charge in [0.15, 0.2) is 0 Å². The normalized spacial score (nSPS) is 17.9. The fraction of sp³-hybridized carbons (Fsp3) is 0.800. The van der Waals surface area contributed by atoms with Gasteiger partial charge in [0, 0.05) is 5.92 Å². The fourth-order valence-corrected chi connectivity index (χ4v) is 0.490. The molecule has 2 heteroatoms. The Morgan fingerprint density at radius 2 is 2.00 bits per heavy atom. The zero-order valence-corrected chi connectivity index (χ0v) is 3.90. The first-order valence-electron chi connectivity index (χ1n) is 2.31. The molecule has 0 bridgehead atoms. The SMILES string of the molecule is CC(=O)C1CC1.[NaH]. The summed E-state index contributed by atoms with van der Waals surface area (Å²) >= 11 is 0. The zero-order chi connectivity index (χ0) is 4.57. The first-order chi connectivity index (χ1) is 2.80. The van der Waals surface area contributed by atoms with Gasteiger partial charge in [0.1, 0.15) is 5.78 Å². The minimum atomic E-state index is 0. The second-order valence-corrected chi connectivity index (χ2v) is 1.88. The summed E-state index contributed by atoms with van der Waals surface area (Å²) in [7, 11) is 0. The van der Waals surface area contributed by atoms with Crippen LogP contribution in [-0.4, -0.2) is 35.3 Å². The van der Waals surface area contributed by atoms with Crippen LogP contribution in [0.15, 0.2) is 0 Å². The number of Topliss-reactive ketones (excluding diaryl/α,β-unsaturated/α-hetero) is 1. The summed E-state index contributed by atoms with van der Waals surface area (Å²) in [5.74, 6) is 0.833. The molecule has 0 spiro atoms. The molecule has 36 valence electrons. The van der Waals surface area contributed by atoms with Gasteiger partial charge in [0.2, 0.25) is 0 Å². The summed E-state index contributed by atoms with van der Waals surface area (Å²) in [4.78, 5) is 10.2. The van der Waals surface area contributed by atoms with Crippen LogP contribution in [0.2, 0.25) is 0 Å². The van der Waals surface area contributed by atoms with Crippen LogP contribution in [0.1, 0.15) is 19.8 Å². The van der Waals surface area contributed by atoms with Crippen molar-refractivity contribution in [2.24, 2.45) is 5.92 Å². The molecule has 0 atom stereocenters. The van der Waals surface area contributed by atoms with Crippen LogP contribution in [0, 0.1) is 5.92 Å². The van der Waals surface area contributed by atoms with E-state index in [2.05, 4.69) is 0 Å². The molecule has 1 rings (SSSR count). The van der Waals surface area contributed by atoms with Gasteiger partial charge in [0.25, 0.3) is 0 Å². The van der Waals surface area contributed by atoms with Gasteiger partial charge in [-0.2, -0.15) is 0 Å². The van der Waals surface area contributed by atoms with E-state index >= 15 is 0 Å². The van der Waals surface area contributed by atoms with Gasteiger partial charge in [-0.3, -0.25) is 4.79 Å². The van der Waals surface area contributed by atoms with Crippen LogP contribution in [0.4, 0.5) is 0 Å². The molecule has 0 amide bonds. The number of ketones is 1. The summed E-state index contributed by atoms with van der Waals surface area (Å²) in [6, 6.07) is 0. The van der Waals surface area contributed by atoms with E-state index in [0.717, 1.165) is 12.8 Å². The molecule has 1 nitrogen and oxygen atoms in total. The fourth-order valence-electron chi connectivity index (χ4n) is 0.490. The second kappa shape index (κ2) is 2.85. The topological polar surface area (TPSA) is 17.1 Å². The van der Waals surface area contributed by atoms with Gasteiger partial charge < -0.3 is 0 Å². The molecular formula is C5H9NaO. The Morgan fingerprint density at radius 3 is 2.00 bits per heavy atom. The van der Waals surface area contributed by atoms with Crippen molar-refractivity contribution in [3.63, 3.8) is 0 Å². The maximum absolute atomic E-state index is 10.2. The third-order valence-electron chi connectivity index (χ3n) is 1.15. The maximum atomic E-state index is 10.2. The molecule has 0 radical (unpaired) electrons. The number of hydrogen-bond donors (Lipinski definition) is 0. The summed E-state index contributed by atoms with van der Waals surface area (Å²) < 4.78 is 0. The molecule has 0 aliphatic heterocycles. The van der Waals surface area contributed by atoms with Crippen LogP contribution in [0.25, 0.3) is 0 Å². The van der Waals surface area contributed by atoms with Gasteiger partial charge in [-0.25, -0.2) is 0 Å².